The van der Waals surface area contributed by atoms with Crippen molar-refractivity contribution in [3.8, 4) is 0 Å². The van der Waals surface area contributed by atoms with Gasteiger partial charge in [0.25, 0.3) is 0 Å². The lowest BCUT2D eigenvalue weighted by atomic mass is 9.98. The van der Waals surface area contributed by atoms with Crippen molar-refractivity contribution in [2.45, 2.75) is 45.4 Å². The van der Waals surface area contributed by atoms with Crippen LogP contribution in [0.3, 0.4) is 0 Å². The molecule has 0 aliphatic heterocycles. The summed E-state index contributed by atoms with van der Waals surface area (Å²) >= 11 is 0.535. The van der Waals surface area contributed by atoms with Crippen molar-refractivity contribution in [3.05, 3.63) is 15.6 Å². The molecule has 1 aromatic rings. The van der Waals surface area contributed by atoms with Gasteiger partial charge >= 0.3 is 12.1 Å². The number of thiazole rings is 1. The zero-order chi connectivity index (χ0) is 15.6. The Morgan fingerprint density at radius 3 is 2.15 bits per heavy atom. The highest BCUT2D eigenvalue weighted by Crippen LogP contribution is 2.41. The van der Waals surface area contributed by atoms with Crippen LogP contribution in [0.2, 0.25) is 0 Å². The number of ether oxygens (including phenoxy) is 1. The minimum atomic E-state index is -4.79. The highest BCUT2D eigenvalue weighted by Gasteiger charge is 2.43. The van der Waals surface area contributed by atoms with Gasteiger partial charge in [0, 0.05) is 6.61 Å². The second-order valence-electron chi connectivity index (χ2n) is 4.13. The third-order valence-corrected chi connectivity index (χ3v) is 4.27. The van der Waals surface area contributed by atoms with Gasteiger partial charge in [0.2, 0.25) is 0 Å². The number of hydrogen-bond donors (Lipinski definition) is 1. The van der Waals surface area contributed by atoms with E-state index in [1.807, 2.05) is 0 Å². The van der Waals surface area contributed by atoms with Crippen molar-refractivity contribution in [3.63, 3.8) is 0 Å². The van der Waals surface area contributed by atoms with Gasteiger partial charge in [-0.15, -0.1) is 11.3 Å². The standard InChI is InChI=1S/C12H16F3NO3S/c1-4-11(5-2,19-6-3)10-16-8(12(13,14)15)7(20-10)9(17)18/h4-6H2,1-3H3,(H,17,18). The van der Waals surface area contributed by atoms with E-state index in [-0.39, 0.29) is 5.01 Å². The molecule has 114 valence electrons. The number of carbonyl (C=O) groups is 1. The molecule has 1 rings (SSSR count). The highest BCUT2D eigenvalue weighted by molar-refractivity contribution is 7.13. The number of nitrogens with zero attached hydrogens (tertiary/aromatic N) is 1. The fourth-order valence-electron chi connectivity index (χ4n) is 1.95. The van der Waals surface area contributed by atoms with Gasteiger partial charge in [0.1, 0.15) is 15.5 Å². The quantitative estimate of drug-likeness (QED) is 0.865. The topological polar surface area (TPSA) is 59.4 Å². The Kier molecular flexibility index (Phi) is 5.15. The van der Waals surface area contributed by atoms with Crippen LogP contribution >= 0.6 is 11.3 Å². The third-order valence-electron chi connectivity index (χ3n) is 3.04. The van der Waals surface area contributed by atoms with E-state index in [1.165, 1.54) is 0 Å². The summed E-state index contributed by atoms with van der Waals surface area (Å²) in [7, 11) is 0. The Balaban J connectivity index is 3.43. The molecule has 0 aliphatic carbocycles. The maximum atomic E-state index is 12.8. The lowest BCUT2D eigenvalue weighted by Crippen LogP contribution is -2.28. The van der Waals surface area contributed by atoms with Gasteiger partial charge in [-0.25, -0.2) is 9.78 Å². The predicted octanol–water partition coefficient (Wildman–Crippen LogP) is 3.91. The van der Waals surface area contributed by atoms with E-state index in [0.717, 1.165) is 0 Å². The Morgan fingerprint density at radius 1 is 1.30 bits per heavy atom. The summed E-state index contributed by atoms with van der Waals surface area (Å²) in [6, 6.07) is 0. The van der Waals surface area contributed by atoms with Crippen molar-refractivity contribution in [1.82, 2.24) is 4.98 Å². The van der Waals surface area contributed by atoms with Crippen LogP contribution in [0.25, 0.3) is 0 Å². The summed E-state index contributed by atoms with van der Waals surface area (Å²) in [5.41, 5.74) is -2.32. The van der Waals surface area contributed by atoms with Crippen LogP contribution in [0.15, 0.2) is 0 Å². The number of halogens is 3. The number of carboxylic acid groups (broad SMARTS) is 1. The molecule has 20 heavy (non-hydrogen) atoms. The van der Waals surface area contributed by atoms with Crippen LogP contribution in [0.1, 0.15) is 54.0 Å². The molecule has 1 N–H and O–H groups in total. The number of aromatic carboxylic acids is 1. The van der Waals surface area contributed by atoms with Crippen molar-refractivity contribution in [1.29, 1.82) is 0 Å². The van der Waals surface area contributed by atoms with Gasteiger partial charge in [-0.1, -0.05) is 13.8 Å². The lowest BCUT2D eigenvalue weighted by Gasteiger charge is -2.29. The van der Waals surface area contributed by atoms with Crippen LogP contribution in [-0.4, -0.2) is 22.7 Å². The van der Waals surface area contributed by atoms with Gasteiger partial charge in [-0.3, -0.25) is 0 Å². The van der Waals surface area contributed by atoms with Crippen molar-refractivity contribution in [2.24, 2.45) is 0 Å². The summed E-state index contributed by atoms with van der Waals surface area (Å²) in [4.78, 5) is 13.7. The summed E-state index contributed by atoms with van der Waals surface area (Å²) < 4.78 is 44.1. The zero-order valence-electron chi connectivity index (χ0n) is 11.4. The van der Waals surface area contributed by atoms with Crippen LogP contribution in [0.4, 0.5) is 13.2 Å². The Hall–Kier alpha value is -1.15. The molecule has 1 aromatic heterocycles. The average molecular weight is 311 g/mol. The zero-order valence-corrected chi connectivity index (χ0v) is 12.2. The molecule has 0 aromatic carbocycles. The number of carboxylic acids is 1. The van der Waals surface area contributed by atoms with E-state index in [2.05, 4.69) is 4.98 Å². The number of rotatable bonds is 6. The summed E-state index contributed by atoms with van der Waals surface area (Å²) in [5, 5.41) is 8.98. The first-order chi connectivity index (χ1) is 9.21. The maximum absolute atomic E-state index is 12.8. The van der Waals surface area contributed by atoms with Crippen LogP contribution in [0, 0.1) is 0 Å². The molecule has 0 unspecified atom stereocenters. The van der Waals surface area contributed by atoms with Crippen LogP contribution in [0.5, 0.6) is 0 Å². The van der Waals surface area contributed by atoms with E-state index in [0.29, 0.717) is 30.8 Å². The van der Waals surface area contributed by atoms with Crippen LogP contribution in [-0.2, 0) is 16.5 Å². The highest BCUT2D eigenvalue weighted by atomic mass is 32.1. The van der Waals surface area contributed by atoms with Crippen molar-refractivity contribution < 1.29 is 27.8 Å². The van der Waals surface area contributed by atoms with Gasteiger partial charge in [-0.05, 0) is 19.8 Å². The molecule has 4 nitrogen and oxygen atoms in total. The van der Waals surface area contributed by atoms with E-state index in [9.17, 15) is 18.0 Å². The van der Waals surface area contributed by atoms with Crippen LogP contribution < -0.4 is 0 Å². The first-order valence-electron chi connectivity index (χ1n) is 6.17. The molecular formula is C12H16F3NO3S. The minimum absolute atomic E-state index is 0.0640. The largest absolute Gasteiger partial charge is 0.477 e. The lowest BCUT2D eigenvalue weighted by molar-refractivity contribution is -0.141. The molecule has 0 saturated heterocycles. The van der Waals surface area contributed by atoms with Gasteiger partial charge in [-0.2, -0.15) is 13.2 Å². The van der Waals surface area contributed by atoms with E-state index < -0.39 is 28.3 Å². The molecule has 8 heteroatoms. The van der Waals surface area contributed by atoms with E-state index in [4.69, 9.17) is 9.84 Å². The summed E-state index contributed by atoms with van der Waals surface area (Å²) in [5.74, 6) is -1.63. The van der Waals surface area contributed by atoms with Crippen molar-refractivity contribution >= 4 is 17.3 Å². The van der Waals surface area contributed by atoms with Gasteiger partial charge in [0.05, 0.1) is 0 Å². The molecule has 0 radical (unpaired) electrons. The predicted molar refractivity (Wildman–Crippen MR) is 68.0 cm³/mol. The molecule has 0 fully saturated rings. The number of aromatic nitrogens is 1. The Labute approximate surface area is 118 Å². The molecule has 0 saturated carbocycles. The van der Waals surface area contributed by atoms with E-state index >= 15 is 0 Å². The SMILES string of the molecule is CCOC(CC)(CC)c1nc(C(F)(F)F)c(C(=O)O)s1. The Morgan fingerprint density at radius 2 is 1.85 bits per heavy atom. The molecule has 0 atom stereocenters. The van der Waals surface area contributed by atoms with Gasteiger partial charge in [0.15, 0.2) is 5.69 Å². The smallest absolute Gasteiger partial charge is 0.435 e. The normalized spacial score (nSPS) is 12.7. The molecule has 0 spiro atoms. The first-order valence-corrected chi connectivity index (χ1v) is 6.99. The second-order valence-corrected chi connectivity index (χ2v) is 5.13. The summed E-state index contributed by atoms with van der Waals surface area (Å²) in [6.45, 7) is 5.59. The fourth-order valence-corrected chi connectivity index (χ4v) is 3.16. The molecule has 0 amide bonds. The minimum Gasteiger partial charge on any atom is -0.477 e. The average Bonchev–Trinajstić information content (AvgIpc) is 2.81. The van der Waals surface area contributed by atoms with E-state index in [1.54, 1.807) is 20.8 Å². The monoisotopic (exact) mass is 311 g/mol. The fraction of sp³-hybridized carbons (Fsp3) is 0.667. The number of alkyl halides is 3. The van der Waals surface area contributed by atoms with Crippen molar-refractivity contribution in [2.75, 3.05) is 6.61 Å². The molecule has 1 heterocycles. The number of hydrogen-bond acceptors (Lipinski definition) is 4. The maximum Gasteiger partial charge on any atom is 0.435 e. The first kappa shape index (κ1) is 16.9. The third kappa shape index (κ3) is 3.12. The Bertz CT molecular complexity index is 481. The molecule has 0 aliphatic rings. The summed E-state index contributed by atoms with van der Waals surface area (Å²) in [6.07, 6.45) is -3.95. The molecule has 0 bridgehead atoms. The molecular weight excluding hydrogens is 295 g/mol. The van der Waals surface area contributed by atoms with Gasteiger partial charge < -0.3 is 9.84 Å². The second kappa shape index (κ2) is 6.09.